The Morgan fingerprint density at radius 1 is 1.19 bits per heavy atom. The molecule has 1 heterocycles. The highest BCUT2D eigenvalue weighted by Crippen LogP contribution is 2.36. The quantitative estimate of drug-likeness (QED) is 0.647. The third-order valence-corrected chi connectivity index (χ3v) is 4.20. The van der Waals surface area contributed by atoms with Crippen LogP contribution in [0.1, 0.15) is 0 Å². The van der Waals surface area contributed by atoms with Gasteiger partial charge in [0, 0.05) is 42.5 Å². The van der Waals surface area contributed by atoms with Gasteiger partial charge in [0.2, 0.25) is 0 Å². The molecule has 130 valence electrons. The van der Waals surface area contributed by atoms with Gasteiger partial charge >= 0.3 is 0 Å². The molecule has 3 aromatic rings. The van der Waals surface area contributed by atoms with Crippen molar-refractivity contribution in [2.24, 2.45) is 0 Å². The van der Waals surface area contributed by atoms with Crippen LogP contribution in [-0.2, 0) is 0 Å². The molecule has 0 spiro atoms. The maximum absolute atomic E-state index is 8.96. The van der Waals surface area contributed by atoms with Gasteiger partial charge in [0.1, 0.15) is 5.75 Å². The van der Waals surface area contributed by atoms with E-state index in [0.717, 1.165) is 39.0 Å². The summed E-state index contributed by atoms with van der Waals surface area (Å²) in [4.78, 5) is 4.29. The van der Waals surface area contributed by atoms with Crippen LogP contribution in [0.5, 0.6) is 5.75 Å². The predicted molar refractivity (Wildman–Crippen MR) is 107 cm³/mol. The van der Waals surface area contributed by atoms with Gasteiger partial charge in [-0.15, -0.1) is 0 Å². The first-order valence-corrected chi connectivity index (χ1v) is 8.22. The van der Waals surface area contributed by atoms with Crippen LogP contribution in [0.25, 0.3) is 21.9 Å². The molecular formula is C21H20N4O. The third kappa shape index (κ3) is 3.45. The molecular weight excluding hydrogens is 324 g/mol. The lowest BCUT2D eigenvalue weighted by atomic mass is 10.0. The normalized spacial score (nSPS) is 10.2. The molecule has 26 heavy (non-hydrogen) atoms. The third-order valence-electron chi connectivity index (χ3n) is 4.20. The van der Waals surface area contributed by atoms with Crippen LogP contribution in [0, 0.1) is 11.3 Å². The molecule has 0 saturated heterocycles. The number of aromatic nitrogens is 1. The molecule has 0 aliphatic heterocycles. The maximum atomic E-state index is 8.96. The molecule has 1 aromatic heterocycles. The Bertz CT molecular complexity index is 1000. The average molecular weight is 344 g/mol. The average Bonchev–Trinajstić information content (AvgIpc) is 2.71. The van der Waals surface area contributed by atoms with Crippen molar-refractivity contribution in [3.8, 4) is 22.9 Å². The molecule has 0 saturated carbocycles. The number of nitrogens with one attached hydrogen (secondary N) is 2. The van der Waals surface area contributed by atoms with Crippen LogP contribution >= 0.6 is 0 Å². The van der Waals surface area contributed by atoms with E-state index in [1.165, 1.54) is 0 Å². The number of rotatable bonds is 6. The first-order chi connectivity index (χ1) is 12.7. The van der Waals surface area contributed by atoms with Crippen molar-refractivity contribution < 1.29 is 4.74 Å². The lowest BCUT2D eigenvalue weighted by Crippen LogP contribution is -2.05. The van der Waals surface area contributed by atoms with E-state index in [4.69, 9.17) is 10.00 Å². The monoisotopic (exact) mass is 344 g/mol. The van der Waals surface area contributed by atoms with Gasteiger partial charge < -0.3 is 15.4 Å². The SMILES string of the molecule is C=C(C#N)CNc1c(OC)ccc2ccc(-c3cncc(NC)c3)cc12. The molecule has 0 unspecified atom stereocenters. The van der Waals surface area contributed by atoms with E-state index in [2.05, 4.69) is 52.5 Å². The van der Waals surface area contributed by atoms with Crippen LogP contribution in [0.3, 0.4) is 0 Å². The Kier molecular flexibility index (Phi) is 5.04. The van der Waals surface area contributed by atoms with Crippen molar-refractivity contribution >= 4 is 22.1 Å². The van der Waals surface area contributed by atoms with Crippen molar-refractivity contribution in [3.63, 3.8) is 0 Å². The number of fused-ring (bicyclic) bond motifs is 1. The van der Waals surface area contributed by atoms with E-state index in [1.807, 2.05) is 25.4 Å². The number of hydrogen-bond donors (Lipinski definition) is 2. The molecule has 5 nitrogen and oxygen atoms in total. The van der Waals surface area contributed by atoms with E-state index in [0.29, 0.717) is 12.1 Å². The summed E-state index contributed by atoms with van der Waals surface area (Å²) in [5.74, 6) is 0.725. The highest BCUT2D eigenvalue weighted by Gasteiger charge is 2.10. The molecule has 0 fully saturated rings. The minimum Gasteiger partial charge on any atom is -0.495 e. The highest BCUT2D eigenvalue weighted by atomic mass is 16.5. The molecule has 0 bridgehead atoms. The van der Waals surface area contributed by atoms with Gasteiger partial charge in [0.15, 0.2) is 0 Å². The zero-order valence-corrected chi connectivity index (χ0v) is 14.8. The van der Waals surface area contributed by atoms with Crippen molar-refractivity contribution in [2.75, 3.05) is 31.3 Å². The van der Waals surface area contributed by atoms with Crippen LogP contribution in [0.2, 0.25) is 0 Å². The summed E-state index contributed by atoms with van der Waals surface area (Å²) in [5.41, 5.74) is 4.34. The van der Waals surface area contributed by atoms with Gasteiger partial charge in [-0.25, -0.2) is 0 Å². The second-order valence-corrected chi connectivity index (χ2v) is 5.86. The molecule has 2 N–H and O–H groups in total. The van der Waals surface area contributed by atoms with E-state index < -0.39 is 0 Å². The summed E-state index contributed by atoms with van der Waals surface area (Å²) >= 11 is 0. The van der Waals surface area contributed by atoms with Crippen LogP contribution < -0.4 is 15.4 Å². The highest BCUT2D eigenvalue weighted by molar-refractivity contribution is 5.99. The molecule has 0 radical (unpaired) electrons. The molecule has 5 heteroatoms. The van der Waals surface area contributed by atoms with Crippen LogP contribution in [0.15, 0.2) is 60.9 Å². The van der Waals surface area contributed by atoms with Crippen molar-refractivity contribution in [1.29, 1.82) is 5.26 Å². The summed E-state index contributed by atoms with van der Waals surface area (Å²) in [6.07, 6.45) is 3.63. The fourth-order valence-corrected chi connectivity index (χ4v) is 2.80. The van der Waals surface area contributed by atoms with Crippen LogP contribution in [0.4, 0.5) is 11.4 Å². The predicted octanol–water partition coefficient (Wildman–Crippen LogP) is 4.44. The number of benzene rings is 2. The zero-order chi connectivity index (χ0) is 18.5. The van der Waals surface area contributed by atoms with Gasteiger partial charge in [-0.05, 0) is 29.1 Å². The number of anilines is 2. The minimum atomic E-state index is 0.368. The number of pyridine rings is 1. The van der Waals surface area contributed by atoms with E-state index >= 15 is 0 Å². The van der Waals surface area contributed by atoms with Gasteiger partial charge in [0.25, 0.3) is 0 Å². The first-order valence-electron chi connectivity index (χ1n) is 8.22. The van der Waals surface area contributed by atoms with E-state index in [-0.39, 0.29) is 0 Å². The Hall–Kier alpha value is -3.52. The van der Waals surface area contributed by atoms with Crippen LogP contribution in [-0.4, -0.2) is 25.7 Å². The Morgan fingerprint density at radius 3 is 2.73 bits per heavy atom. The summed E-state index contributed by atoms with van der Waals surface area (Å²) in [7, 11) is 3.51. The van der Waals surface area contributed by atoms with Gasteiger partial charge in [0.05, 0.1) is 24.6 Å². The number of ether oxygens (including phenoxy) is 1. The van der Waals surface area contributed by atoms with Gasteiger partial charge in [-0.1, -0.05) is 24.8 Å². The van der Waals surface area contributed by atoms with Gasteiger partial charge in [-0.2, -0.15) is 5.26 Å². The zero-order valence-electron chi connectivity index (χ0n) is 14.8. The Morgan fingerprint density at radius 2 is 2.00 bits per heavy atom. The molecule has 0 atom stereocenters. The van der Waals surface area contributed by atoms with Crippen molar-refractivity contribution in [1.82, 2.24) is 4.98 Å². The Balaban J connectivity index is 2.11. The lowest BCUT2D eigenvalue weighted by molar-refractivity contribution is 0.417. The fourth-order valence-electron chi connectivity index (χ4n) is 2.80. The molecule has 2 aromatic carbocycles. The smallest absolute Gasteiger partial charge is 0.142 e. The molecule has 0 amide bonds. The molecule has 3 rings (SSSR count). The second-order valence-electron chi connectivity index (χ2n) is 5.86. The number of methoxy groups -OCH3 is 1. The summed E-state index contributed by atoms with van der Waals surface area (Å²) in [5, 5.41) is 17.5. The Labute approximate surface area is 152 Å². The summed E-state index contributed by atoms with van der Waals surface area (Å²) in [6.45, 7) is 4.10. The topological polar surface area (TPSA) is 70.0 Å². The number of nitriles is 1. The second kappa shape index (κ2) is 7.58. The lowest BCUT2D eigenvalue weighted by Gasteiger charge is -2.15. The van der Waals surface area contributed by atoms with E-state index in [1.54, 1.807) is 13.3 Å². The van der Waals surface area contributed by atoms with Crippen molar-refractivity contribution in [2.45, 2.75) is 0 Å². The van der Waals surface area contributed by atoms with Crippen molar-refractivity contribution in [3.05, 3.63) is 60.9 Å². The standard InChI is InChI=1S/C21H20N4O/c1-14(10-22)11-25-21-19-9-16(17-8-18(23-2)13-24-12-17)5-4-15(19)6-7-20(21)26-3/h4-9,12-13,23,25H,1,11H2,2-3H3. The minimum absolute atomic E-state index is 0.368. The fraction of sp³-hybridized carbons (Fsp3) is 0.143. The molecule has 0 aliphatic rings. The summed E-state index contributed by atoms with van der Waals surface area (Å²) in [6, 6.07) is 14.3. The first kappa shape index (κ1) is 17.3. The van der Waals surface area contributed by atoms with E-state index in [9.17, 15) is 0 Å². The maximum Gasteiger partial charge on any atom is 0.142 e. The summed E-state index contributed by atoms with van der Waals surface area (Å²) < 4.78 is 5.50. The molecule has 0 aliphatic carbocycles. The van der Waals surface area contributed by atoms with Gasteiger partial charge in [-0.3, -0.25) is 4.98 Å². The number of nitrogens with zero attached hydrogens (tertiary/aromatic N) is 2. The number of hydrogen-bond acceptors (Lipinski definition) is 5. The largest absolute Gasteiger partial charge is 0.495 e.